The third-order valence-corrected chi connectivity index (χ3v) is 6.42. The monoisotopic (exact) mass is 444 g/mol. The molecule has 33 heavy (non-hydrogen) atoms. The van der Waals surface area contributed by atoms with Crippen molar-refractivity contribution in [2.24, 2.45) is 0 Å². The molecule has 0 saturated carbocycles. The molecule has 1 saturated heterocycles. The number of hydrogen-bond acceptors (Lipinski definition) is 6. The number of anilines is 1. The third-order valence-electron chi connectivity index (χ3n) is 6.42. The zero-order chi connectivity index (χ0) is 22.8. The first-order chi connectivity index (χ1) is 16.1. The second-order valence-electron chi connectivity index (χ2n) is 8.66. The van der Waals surface area contributed by atoms with E-state index in [-0.39, 0.29) is 18.7 Å². The van der Waals surface area contributed by atoms with E-state index in [4.69, 9.17) is 14.5 Å². The Morgan fingerprint density at radius 3 is 2.58 bits per heavy atom. The lowest BCUT2D eigenvalue weighted by Gasteiger charge is -2.33. The first kappa shape index (κ1) is 21.2. The van der Waals surface area contributed by atoms with Crippen LogP contribution in [-0.4, -0.2) is 35.8 Å². The standard InChI is InChI=1S/C26H28N4O3/c1-17(28-18(2)31)19-3-5-20(6-4-19)21-10-13-30(14-11-21)25-9-12-27-26(29-25)22-7-8-23-24(15-22)33-16-32-23/h3-9,12,15,17,21H,10-11,13-14,16H2,1-2H3,(H,28,31). The molecule has 7 nitrogen and oxygen atoms in total. The lowest BCUT2D eigenvalue weighted by Crippen LogP contribution is -2.33. The maximum atomic E-state index is 11.3. The number of amides is 1. The van der Waals surface area contributed by atoms with E-state index in [1.807, 2.05) is 37.4 Å². The van der Waals surface area contributed by atoms with Crippen molar-refractivity contribution in [2.75, 3.05) is 24.8 Å². The number of aromatic nitrogens is 2. The summed E-state index contributed by atoms with van der Waals surface area (Å²) in [6, 6.07) is 16.5. The number of hydrogen-bond donors (Lipinski definition) is 1. The highest BCUT2D eigenvalue weighted by Crippen LogP contribution is 2.36. The van der Waals surface area contributed by atoms with Crippen LogP contribution in [0.2, 0.25) is 0 Å². The van der Waals surface area contributed by atoms with Crippen molar-refractivity contribution in [1.29, 1.82) is 0 Å². The SMILES string of the molecule is CC(=O)NC(C)c1ccc(C2CCN(c3ccnc(-c4ccc5c(c4)OCO5)n3)CC2)cc1. The van der Waals surface area contributed by atoms with E-state index in [2.05, 4.69) is 39.5 Å². The van der Waals surface area contributed by atoms with E-state index in [0.29, 0.717) is 11.7 Å². The predicted molar refractivity (Wildman–Crippen MR) is 126 cm³/mol. The molecule has 0 bridgehead atoms. The van der Waals surface area contributed by atoms with Crippen LogP contribution < -0.4 is 19.7 Å². The van der Waals surface area contributed by atoms with Crippen LogP contribution in [0.25, 0.3) is 11.4 Å². The highest BCUT2D eigenvalue weighted by Gasteiger charge is 2.22. The number of carbonyl (C=O) groups is 1. The van der Waals surface area contributed by atoms with Crippen LogP contribution in [0.1, 0.15) is 49.8 Å². The highest BCUT2D eigenvalue weighted by molar-refractivity contribution is 5.73. The number of fused-ring (bicyclic) bond motifs is 1. The summed E-state index contributed by atoms with van der Waals surface area (Å²) >= 11 is 0. The van der Waals surface area contributed by atoms with E-state index < -0.39 is 0 Å². The summed E-state index contributed by atoms with van der Waals surface area (Å²) in [7, 11) is 0. The average molecular weight is 445 g/mol. The molecule has 2 aliphatic heterocycles. The number of piperidine rings is 1. The van der Waals surface area contributed by atoms with Gasteiger partial charge in [0.2, 0.25) is 12.7 Å². The molecule has 7 heteroatoms. The molecule has 1 unspecified atom stereocenters. The van der Waals surface area contributed by atoms with Crippen molar-refractivity contribution in [3.8, 4) is 22.9 Å². The molecule has 1 aromatic heterocycles. The molecule has 170 valence electrons. The van der Waals surface area contributed by atoms with E-state index in [0.717, 1.165) is 54.4 Å². The van der Waals surface area contributed by atoms with Gasteiger partial charge >= 0.3 is 0 Å². The molecule has 1 amide bonds. The Bertz CT molecular complexity index is 1140. The molecule has 3 heterocycles. The molecule has 2 aromatic carbocycles. The fourth-order valence-electron chi connectivity index (χ4n) is 4.59. The largest absolute Gasteiger partial charge is 0.454 e. The van der Waals surface area contributed by atoms with Crippen molar-refractivity contribution < 1.29 is 14.3 Å². The Morgan fingerprint density at radius 2 is 1.82 bits per heavy atom. The maximum absolute atomic E-state index is 11.3. The van der Waals surface area contributed by atoms with E-state index >= 15 is 0 Å². The molecular formula is C26H28N4O3. The van der Waals surface area contributed by atoms with E-state index in [1.165, 1.54) is 5.56 Å². The topological polar surface area (TPSA) is 76.6 Å². The maximum Gasteiger partial charge on any atom is 0.231 e. The third kappa shape index (κ3) is 4.62. The van der Waals surface area contributed by atoms with Crippen LogP contribution in [0.3, 0.4) is 0 Å². The number of nitrogens with zero attached hydrogens (tertiary/aromatic N) is 3. The van der Waals surface area contributed by atoms with Gasteiger partial charge in [0.1, 0.15) is 5.82 Å². The number of rotatable bonds is 5. The first-order valence-corrected chi connectivity index (χ1v) is 11.4. The van der Waals surface area contributed by atoms with Crippen molar-refractivity contribution in [1.82, 2.24) is 15.3 Å². The van der Waals surface area contributed by atoms with Gasteiger partial charge in [-0.05, 0) is 61.1 Å². The van der Waals surface area contributed by atoms with Gasteiger partial charge in [-0.25, -0.2) is 9.97 Å². The van der Waals surface area contributed by atoms with Crippen LogP contribution in [0.4, 0.5) is 5.82 Å². The predicted octanol–water partition coefficient (Wildman–Crippen LogP) is 4.45. The highest BCUT2D eigenvalue weighted by atomic mass is 16.7. The Morgan fingerprint density at radius 1 is 1.06 bits per heavy atom. The minimum atomic E-state index is -0.00893. The first-order valence-electron chi connectivity index (χ1n) is 11.4. The van der Waals surface area contributed by atoms with Gasteiger partial charge in [-0.1, -0.05) is 24.3 Å². The van der Waals surface area contributed by atoms with Gasteiger partial charge < -0.3 is 19.7 Å². The summed E-state index contributed by atoms with van der Waals surface area (Å²) in [5.74, 6) is 3.66. The quantitative estimate of drug-likeness (QED) is 0.626. The summed E-state index contributed by atoms with van der Waals surface area (Å²) in [6.07, 6.45) is 3.97. The molecule has 2 aliphatic rings. The van der Waals surface area contributed by atoms with Crippen LogP contribution in [0, 0.1) is 0 Å². The second kappa shape index (κ2) is 9.10. The molecule has 1 atom stereocenters. The number of carbonyl (C=O) groups excluding carboxylic acids is 1. The van der Waals surface area contributed by atoms with Crippen LogP contribution in [-0.2, 0) is 4.79 Å². The van der Waals surface area contributed by atoms with Gasteiger partial charge in [-0.2, -0.15) is 0 Å². The summed E-state index contributed by atoms with van der Waals surface area (Å²) < 4.78 is 10.9. The van der Waals surface area contributed by atoms with Gasteiger partial charge in [0.25, 0.3) is 0 Å². The number of nitrogens with one attached hydrogen (secondary N) is 1. The fourth-order valence-corrected chi connectivity index (χ4v) is 4.59. The van der Waals surface area contributed by atoms with Gasteiger partial charge in [0, 0.05) is 31.8 Å². The second-order valence-corrected chi connectivity index (χ2v) is 8.66. The average Bonchev–Trinajstić information content (AvgIpc) is 3.32. The molecule has 0 radical (unpaired) electrons. The van der Waals surface area contributed by atoms with Crippen LogP contribution >= 0.6 is 0 Å². The van der Waals surface area contributed by atoms with E-state index in [1.54, 1.807) is 6.92 Å². The lowest BCUT2D eigenvalue weighted by molar-refractivity contribution is -0.119. The molecular weight excluding hydrogens is 416 g/mol. The fraction of sp³-hybridized carbons (Fsp3) is 0.346. The normalized spacial score (nSPS) is 16.5. The summed E-state index contributed by atoms with van der Waals surface area (Å²) in [5, 5.41) is 2.94. The van der Waals surface area contributed by atoms with E-state index in [9.17, 15) is 4.79 Å². The van der Waals surface area contributed by atoms with Gasteiger partial charge in [-0.15, -0.1) is 0 Å². The van der Waals surface area contributed by atoms with Crippen molar-refractivity contribution in [3.63, 3.8) is 0 Å². The molecule has 0 spiro atoms. The summed E-state index contributed by atoms with van der Waals surface area (Å²) in [4.78, 5) is 22.9. The smallest absolute Gasteiger partial charge is 0.231 e. The molecule has 0 aliphatic carbocycles. The molecule has 1 fully saturated rings. The minimum absolute atomic E-state index is 0.00893. The van der Waals surface area contributed by atoms with Crippen molar-refractivity contribution in [2.45, 2.75) is 38.6 Å². The zero-order valence-corrected chi connectivity index (χ0v) is 19.0. The lowest BCUT2D eigenvalue weighted by atomic mass is 9.88. The van der Waals surface area contributed by atoms with Crippen molar-refractivity contribution in [3.05, 3.63) is 65.9 Å². The van der Waals surface area contributed by atoms with Gasteiger partial charge in [0.05, 0.1) is 6.04 Å². The molecule has 5 rings (SSSR count). The Hall–Kier alpha value is -3.61. The van der Waals surface area contributed by atoms with Crippen LogP contribution in [0.15, 0.2) is 54.7 Å². The molecule has 3 aromatic rings. The molecule has 1 N–H and O–H groups in total. The number of ether oxygens (including phenoxy) is 2. The Labute approximate surface area is 193 Å². The van der Waals surface area contributed by atoms with Gasteiger partial charge in [0.15, 0.2) is 17.3 Å². The number of benzene rings is 2. The van der Waals surface area contributed by atoms with Gasteiger partial charge in [-0.3, -0.25) is 4.79 Å². The minimum Gasteiger partial charge on any atom is -0.454 e. The van der Waals surface area contributed by atoms with Crippen molar-refractivity contribution >= 4 is 11.7 Å². The Balaban J connectivity index is 1.23. The zero-order valence-electron chi connectivity index (χ0n) is 19.0. The summed E-state index contributed by atoms with van der Waals surface area (Å²) in [5.41, 5.74) is 3.41. The Kier molecular flexibility index (Phi) is 5.86. The van der Waals surface area contributed by atoms with Crippen LogP contribution in [0.5, 0.6) is 11.5 Å². The summed E-state index contributed by atoms with van der Waals surface area (Å²) in [6.45, 7) is 5.72.